The summed E-state index contributed by atoms with van der Waals surface area (Å²) in [4.78, 5) is 11.3. The maximum atomic E-state index is 11.3. The van der Waals surface area contributed by atoms with Crippen molar-refractivity contribution in [2.45, 2.75) is 26.2 Å². The summed E-state index contributed by atoms with van der Waals surface area (Å²) in [6, 6.07) is 5.42. The average molecular weight is 301 g/mol. The van der Waals surface area contributed by atoms with Crippen LogP contribution in [0.3, 0.4) is 0 Å². The van der Waals surface area contributed by atoms with Gasteiger partial charge in [0, 0.05) is 0 Å². The van der Waals surface area contributed by atoms with E-state index in [4.69, 9.17) is 4.74 Å². The Morgan fingerprint density at radius 2 is 2.12 bits per heavy atom. The van der Waals surface area contributed by atoms with Crippen LogP contribution in [0, 0.1) is 5.92 Å². The van der Waals surface area contributed by atoms with Crippen molar-refractivity contribution in [3.63, 3.8) is 0 Å². The lowest BCUT2D eigenvalue weighted by Gasteiger charge is -2.16. The molecule has 4 heteroatoms. The van der Waals surface area contributed by atoms with E-state index in [1.165, 1.54) is 0 Å². The third kappa shape index (κ3) is 3.73. The van der Waals surface area contributed by atoms with E-state index in [2.05, 4.69) is 15.9 Å². The minimum Gasteiger partial charge on any atom is -0.496 e. The number of carboxylic acid groups (broad SMARTS) is 1. The number of hydrogen-bond acceptors (Lipinski definition) is 2. The number of rotatable bonds is 5. The van der Waals surface area contributed by atoms with Crippen LogP contribution >= 0.6 is 15.9 Å². The topological polar surface area (TPSA) is 46.5 Å². The smallest absolute Gasteiger partial charge is 0.310 e. The molecule has 94 valence electrons. The van der Waals surface area contributed by atoms with Crippen LogP contribution in [0.5, 0.6) is 5.75 Å². The third-order valence-electron chi connectivity index (χ3n) is 2.58. The lowest BCUT2D eigenvalue weighted by molar-refractivity contribution is -0.139. The molecule has 0 aliphatic carbocycles. The van der Waals surface area contributed by atoms with Gasteiger partial charge in [-0.2, -0.15) is 0 Å². The van der Waals surface area contributed by atoms with Crippen molar-refractivity contribution in [1.29, 1.82) is 0 Å². The number of ether oxygens (including phenoxy) is 1. The summed E-state index contributed by atoms with van der Waals surface area (Å²) in [5, 5.41) is 9.25. The van der Waals surface area contributed by atoms with Gasteiger partial charge in [-0.1, -0.05) is 19.9 Å². The third-order valence-corrected chi connectivity index (χ3v) is 3.20. The molecule has 17 heavy (non-hydrogen) atoms. The molecule has 0 unspecified atom stereocenters. The van der Waals surface area contributed by atoms with Crippen molar-refractivity contribution in [1.82, 2.24) is 0 Å². The molecule has 0 heterocycles. The van der Waals surface area contributed by atoms with Gasteiger partial charge in [-0.25, -0.2) is 0 Å². The van der Waals surface area contributed by atoms with Crippen molar-refractivity contribution >= 4 is 21.9 Å². The zero-order valence-corrected chi connectivity index (χ0v) is 11.8. The molecule has 0 aliphatic heterocycles. The van der Waals surface area contributed by atoms with Crippen molar-refractivity contribution in [2.24, 2.45) is 5.92 Å². The second-order valence-electron chi connectivity index (χ2n) is 4.41. The Bertz CT molecular complexity index is 402. The van der Waals surface area contributed by atoms with E-state index in [1.54, 1.807) is 13.2 Å². The van der Waals surface area contributed by atoms with Gasteiger partial charge in [0.05, 0.1) is 17.5 Å². The van der Waals surface area contributed by atoms with Crippen LogP contribution in [-0.4, -0.2) is 18.2 Å². The summed E-state index contributed by atoms with van der Waals surface area (Å²) in [6.45, 7) is 4.04. The predicted molar refractivity (Wildman–Crippen MR) is 70.5 cm³/mol. The lowest BCUT2D eigenvalue weighted by Crippen LogP contribution is -2.14. The van der Waals surface area contributed by atoms with Crippen LogP contribution in [0.2, 0.25) is 0 Å². The molecular formula is C13H17BrO3. The van der Waals surface area contributed by atoms with Gasteiger partial charge in [-0.15, -0.1) is 0 Å². The molecule has 1 aromatic rings. The monoisotopic (exact) mass is 300 g/mol. The molecule has 0 spiro atoms. The summed E-state index contributed by atoms with van der Waals surface area (Å²) in [5.74, 6) is -0.188. The standard InChI is InChI=1S/C13H17BrO3/c1-8(2)6-10(13(15)16)9-4-5-12(17-3)11(14)7-9/h4-5,7-8,10H,6H2,1-3H3,(H,15,16)/t10-/m1/s1. The minimum atomic E-state index is -0.782. The van der Waals surface area contributed by atoms with Gasteiger partial charge >= 0.3 is 5.97 Å². The van der Waals surface area contributed by atoms with Crippen LogP contribution in [0.4, 0.5) is 0 Å². The highest BCUT2D eigenvalue weighted by Gasteiger charge is 2.21. The number of carbonyl (C=O) groups is 1. The van der Waals surface area contributed by atoms with Crippen molar-refractivity contribution in [2.75, 3.05) is 7.11 Å². The fourth-order valence-electron chi connectivity index (χ4n) is 1.75. The van der Waals surface area contributed by atoms with Crippen LogP contribution in [0.25, 0.3) is 0 Å². The highest BCUT2D eigenvalue weighted by molar-refractivity contribution is 9.10. The molecule has 0 amide bonds. The van der Waals surface area contributed by atoms with E-state index < -0.39 is 11.9 Å². The molecule has 0 fully saturated rings. The van der Waals surface area contributed by atoms with Gasteiger partial charge < -0.3 is 9.84 Å². The number of aliphatic carboxylic acids is 1. The van der Waals surface area contributed by atoms with Crippen molar-refractivity contribution < 1.29 is 14.6 Å². The summed E-state index contributed by atoms with van der Waals surface area (Å²) in [7, 11) is 1.59. The quantitative estimate of drug-likeness (QED) is 0.902. The molecule has 0 aliphatic rings. The molecule has 1 atom stereocenters. The first kappa shape index (κ1) is 14.0. The van der Waals surface area contributed by atoms with Gasteiger partial charge in [0.15, 0.2) is 0 Å². The average Bonchev–Trinajstić information content (AvgIpc) is 2.25. The fraction of sp³-hybridized carbons (Fsp3) is 0.462. The Balaban J connectivity index is 3.02. The summed E-state index contributed by atoms with van der Waals surface area (Å²) in [6.07, 6.45) is 0.633. The van der Waals surface area contributed by atoms with Crippen LogP contribution in [0.15, 0.2) is 22.7 Å². The van der Waals surface area contributed by atoms with E-state index in [0.717, 1.165) is 10.0 Å². The van der Waals surface area contributed by atoms with E-state index >= 15 is 0 Å². The summed E-state index contributed by atoms with van der Waals surface area (Å²) >= 11 is 3.37. The number of hydrogen-bond donors (Lipinski definition) is 1. The molecular weight excluding hydrogens is 284 g/mol. The van der Waals surface area contributed by atoms with Crippen molar-refractivity contribution in [3.8, 4) is 5.75 Å². The lowest BCUT2D eigenvalue weighted by atomic mass is 9.90. The predicted octanol–water partition coefficient (Wildman–Crippen LogP) is 3.67. The van der Waals surface area contributed by atoms with Gasteiger partial charge in [0.25, 0.3) is 0 Å². The minimum absolute atomic E-state index is 0.344. The van der Waals surface area contributed by atoms with Gasteiger partial charge in [-0.3, -0.25) is 4.79 Å². The maximum Gasteiger partial charge on any atom is 0.310 e. The Kier molecular flexibility index (Phi) is 5.00. The molecule has 3 nitrogen and oxygen atoms in total. The zero-order chi connectivity index (χ0) is 13.0. The second kappa shape index (κ2) is 6.05. The molecule has 0 saturated carbocycles. The largest absolute Gasteiger partial charge is 0.496 e. The Hall–Kier alpha value is -1.03. The number of methoxy groups -OCH3 is 1. The first-order valence-electron chi connectivity index (χ1n) is 5.52. The van der Waals surface area contributed by atoms with Gasteiger partial charge in [0.1, 0.15) is 5.75 Å². The van der Waals surface area contributed by atoms with E-state index in [0.29, 0.717) is 18.1 Å². The molecule has 0 bridgehead atoms. The number of halogens is 1. The molecule has 1 N–H and O–H groups in total. The number of benzene rings is 1. The van der Waals surface area contributed by atoms with Crippen LogP contribution < -0.4 is 4.74 Å². The van der Waals surface area contributed by atoms with Gasteiger partial charge in [-0.05, 0) is 46.0 Å². The van der Waals surface area contributed by atoms with E-state index in [9.17, 15) is 9.90 Å². The highest BCUT2D eigenvalue weighted by atomic mass is 79.9. The first-order chi connectivity index (χ1) is 7.95. The van der Waals surface area contributed by atoms with E-state index in [-0.39, 0.29) is 0 Å². The normalized spacial score (nSPS) is 12.5. The Morgan fingerprint density at radius 3 is 2.53 bits per heavy atom. The molecule has 0 saturated heterocycles. The Labute approximate surface area is 110 Å². The maximum absolute atomic E-state index is 11.3. The van der Waals surface area contributed by atoms with Crippen LogP contribution in [0.1, 0.15) is 31.7 Å². The van der Waals surface area contributed by atoms with Gasteiger partial charge in [0.2, 0.25) is 0 Å². The zero-order valence-electron chi connectivity index (χ0n) is 10.2. The van der Waals surface area contributed by atoms with Crippen LogP contribution in [-0.2, 0) is 4.79 Å². The summed E-state index contributed by atoms with van der Waals surface area (Å²) < 4.78 is 5.91. The second-order valence-corrected chi connectivity index (χ2v) is 5.27. The Morgan fingerprint density at radius 1 is 1.47 bits per heavy atom. The molecule has 0 aromatic heterocycles. The fourth-order valence-corrected chi connectivity index (χ4v) is 2.31. The first-order valence-corrected chi connectivity index (χ1v) is 6.31. The molecule has 1 aromatic carbocycles. The van der Waals surface area contributed by atoms with Crippen molar-refractivity contribution in [3.05, 3.63) is 28.2 Å². The van der Waals surface area contributed by atoms with E-state index in [1.807, 2.05) is 26.0 Å². The number of carboxylic acids is 1. The summed E-state index contributed by atoms with van der Waals surface area (Å²) in [5.41, 5.74) is 0.805. The SMILES string of the molecule is COc1ccc([C@@H](CC(C)C)C(=O)O)cc1Br. The molecule has 1 rings (SSSR count). The molecule has 0 radical (unpaired) electrons. The highest BCUT2D eigenvalue weighted by Crippen LogP contribution is 2.31.